The van der Waals surface area contributed by atoms with Crippen LogP contribution in [0.4, 0.5) is 0 Å². The van der Waals surface area contributed by atoms with Gasteiger partial charge >= 0.3 is 5.69 Å². The number of hydrogen-bond donors (Lipinski definition) is 1. The molecule has 8 heteroatoms. The highest BCUT2D eigenvalue weighted by atomic mass is 32.1. The zero-order valence-electron chi connectivity index (χ0n) is 17.5. The Morgan fingerprint density at radius 2 is 1.91 bits per heavy atom. The summed E-state index contributed by atoms with van der Waals surface area (Å²) in [6, 6.07) is 14.2. The fraction of sp³-hybridized carbons (Fsp3) is 0.333. The number of amides is 1. The molecule has 2 aromatic heterocycles. The number of carbonyl (C=O) groups is 1. The summed E-state index contributed by atoms with van der Waals surface area (Å²) in [6.07, 6.45) is 3.70. The number of carbonyl (C=O) groups excluding carboxylic acids is 1. The Kier molecular flexibility index (Phi) is 4.68. The second-order valence-electron chi connectivity index (χ2n) is 8.78. The van der Waals surface area contributed by atoms with Gasteiger partial charge in [0, 0.05) is 25.4 Å². The molecule has 2 fully saturated rings. The van der Waals surface area contributed by atoms with Crippen LogP contribution < -0.4 is 5.69 Å². The molecule has 7 nitrogen and oxygen atoms in total. The third kappa shape index (κ3) is 3.54. The van der Waals surface area contributed by atoms with Crippen LogP contribution in [0, 0.1) is 11.8 Å². The molecule has 0 bridgehead atoms. The van der Waals surface area contributed by atoms with Gasteiger partial charge in [-0.1, -0.05) is 18.2 Å². The number of benzene rings is 2. The van der Waals surface area contributed by atoms with Crippen molar-refractivity contribution in [1.82, 2.24) is 24.6 Å². The fourth-order valence-corrected chi connectivity index (χ4v) is 5.33. The van der Waals surface area contributed by atoms with Crippen molar-refractivity contribution in [2.24, 2.45) is 11.8 Å². The van der Waals surface area contributed by atoms with Crippen LogP contribution >= 0.6 is 11.3 Å². The van der Waals surface area contributed by atoms with E-state index in [0.717, 1.165) is 65.2 Å². The van der Waals surface area contributed by atoms with E-state index in [4.69, 9.17) is 0 Å². The zero-order valence-corrected chi connectivity index (χ0v) is 18.3. The second kappa shape index (κ2) is 7.70. The first-order valence-corrected chi connectivity index (χ1v) is 11.9. The molecule has 1 saturated carbocycles. The van der Waals surface area contributed by atoms with E-state index in [1.807, 2.05) is 40.7 Å². The summed E-state index contributed by atoms with van der Waals surface area (Å²) in [7, 11) is 0. The maximum atomic E-state index is 12.5. The van der Waals surface area contributed by atoms with E-state index < -0.39 is 0 Å². The van der Waals surface area contributed by atoms with Gasteiger partial charge in [0.15, 0.2) is 0 Å². The van der Waals surface area contributed by atoms with Gasteiger partial charge in [0.2, 0.25) is 5.91 Å². The molecule has 1 N–H and O–H groups in total. The van der Waals surface area contributed by atoms with E-state index in [1.165, 1.54) is 0 Å². The molecule has 1 saturated heterocycles. The summed E-state index contributed by atoms with van der Waals surface area (Å²) in [4.78, 5) is 31.2. The fourth-order valence-electron chi connectivity index (χ4n) is 4.62. The number of nitrogens with zero attached hydrogens (tertiary/aromatic N) is 4. The van der Waals surface area contributed by atoms with Crippen molar-refractivity contribution in [3.05, 3.63) is 64.3 Å². The van der Waals surface area contributed by atoms with Gasteiger partial charge in [-0.3, -0.25) is 4.79 Å². The molecule has 4 aromatic rings. The highest BCUT2D eigenvalue weighted by Crippen LogP contribution is 2.33. The Hall–Kier alpha value is -3.26. The number of hydrogen-bond acceptors (Lipinski definition) is 5. The highest BCUT2D eigenvalue weighted by Gasteiger charge is 2.36. The first-order valence-electron chi connectivity index (χ1n) is 11.0. The number of thiazole rings is 1. The maximum Gasteiger partial charge on any atom is 0.347 e. The van der Waals surface area contributed by atoms with Crippen molar-refractivity contribution in [3.8, 4) is 16.8 Å². The number of aromatic amines is 1. The van der Waals surface area contributed by atoms with E-state index >= 15 is 0 Å². The topological polar surface area (TPSA) is 83.9 Å². The van der Waals surface area contributed by atoms with Gasteiger partial charge in [-0.15, -0.1) is 11.3 Å². The summed E-state index contributed by atoms with van der Waals surface area (Å²) in [6.45, 7) is 1.57. The standard InChI is InChI=1S/C24H23N5O2S/c30-23(17-1-2-17)28-10-9-15(13-28)11-22-26-27-24(31)29(22)19-6-3-16(4-7-19)18-5-8-20-21(12-18)32-14-25-20/h3-8,12,14-15,17H,1-2,9-11,13H2,(H,27,31)/t15-/m0/s1. The van der Waals surface area contributed by atoms with Crippen molar-refractivity contribution in [1.29, 1.82) is 0 Å². The smallest absolute Gasteiger partial charge is 0.342 e. The van der Waals surface area contributed by atoms with Gasteiger partial charge in [-0.2, -0.15) is 5.10 Å². The van der Waals surface area contributed by atoms with Crippen molar-refractivity contribution in [2.45, 2.75) is 25.7 Å². The van der Waals surface area contributed by atoms with Crippen molar-refractivity contribution in [2.75, 3.05) is 13.1 Å². The molecule has 3 heterocycles. The molecule has 1 amide bonds. The minimum Gasteiger partial charge on any atom is -0.342 e. The normalized spacial score (nSPS) is 18.5. The zero-order chi connectivity index (χ0) is 21.7. The summed E-state index contributed by atoms with van der Waals surface area (Å²) in [5.41, 5.74) is 5.64. The Bertz CT molecular complexity index is 1350. The van der Waals surface area contributed by atoms with Gasteiger partial charge < -0.3 is 4.90 Å². The van der Waals surface area contributed by atoms with Crippen LogP contribution in [0.2, 0.25) is 0 Å². The van der Waals surface area contributed by atoms with E-state index in [9.17, 15) is 9.59 Å². The Labute approximate surface area is 188 Å². The number of rotatable bonds is 5. The summed E-state index contributed by atoms with van der Waals surface area (Å²) in [5.74, 6) is 1.61. The molecule has 0 spiro atoms. The van der Waals surface area contributed by atoms with E-state index in [0.29, 0.717) is 18.2 Å². The predicted octanol–water partition coefficient (Wildman–Crippen LogP) is 3.64. The molecule has 2 aliphatic rings. The molecule has 6 rings (SSSR count). The molecule has 0 radical (unpaired) electrons. The van der Waals surface area contributed by atoms with E-state index in [-0.39, 0.29) is 11.6 Å². The highest BCUT2D eigenvalue weighted by molar-refractivity contribution is 7.16. The summed E-state index contributed by atoms with van der Waals surface area (Å²) in [5, 5.41) is 6.90. The lowest BCUT2D eigenvalue weighted by molar-refractivity contribution is -0.131. The molecule has 2 aromatic carbocycles. The van der Waals surface area contributed by atoms with E-state index in [2.05, 4.69) is 27.3 Å². The number of aromatic nitrogens is 4. The number of nitrogens with one attached hydrogen (secondary N) is 1. The van der Waals surface area contributed by atoms with Crippen molar-refractivity contribution >= 4 is 27.5 Å². The molecule has 162 valence electrons. The Balaban J connectivity index is 1.22. The molecule has 1 aliphatic carbocycles. The monoisotopic (exact) mass is 445 g/mol. The lowest BCUT2D eigenvalue weighted by Crippen LogP contribution is -2.30. The van der Waals surface area contributed by atoms with Gasteiger partial charge in [0.05, 0.1) is 21.4 Å². The SMILES string of the molecule is O=C(C1CC1)N1CC[C@@H](Cc2n[nH]c(=O)n2-c2ccc(-c3ccc4ncsc4c3)cc2)C1. The molecule has 0 unspecified atom stereocenters. The maximum absolute atomic E-state index is 12.5. The number of likely N-dealkylation sites (tertiary alicyclic amines) is 1. The van der Waals surface area contributed by atoms with Crippen LogP contribution in [0.25, 0.3) is 27.0 Å². The molecule has 1 atom stereocenters. The predicted molar refractivity (Wildman–Crippen MR) is 124 cm³/mol. The van der Waals surface area contributed by atoms with Crippen LogP contribution in [-0.2, 0) is 11.2 Å². The lowest BCUT2D eigenvalue weighted by atomic mass is 10.0. The first kappa shape index (κ1) is 19.4. The minimum absolute atomic E-state index is 0.234. The number of H-pyrrole nitrogens is 1. The lowest BCUT2D eigenvalue weighted by Gasteiger charge is -2.16. The third-order valence-electron chi connectivity index (χ3n) is 6.53. The molecule has 32 heavy (non-hydrogen) atoms. The molecule has 1 aliphatic heterocycles. The Morgan fingerprint density at radius 1 is 1.09 bits per heavy atom. The van der Waals surface area contributed by atoms with Crippen molar-refractivity contribution in [3.63, 3.8) is 0 Å². The summed E-state index contributed by atoms with van der Waals surface area (Å²) < 4.78 is 2.81. The summed E-state index contributed by atoms with van der Waals surface area (Å²) >= 11 is 1.63. The van der Waals surface area contributed by atoms with E-state index in [1.54, 1.807) is 15.9 Å². The average molecular weight is 446 g/mol. The number of fused-ring (bicyclic) bond motifs is 1. The second-order valence-corrected chi connectivity index (χ2v) is 9.67. The van der Waals surface area contributed by atoms with Crippen LogP contribution in [0.1, 0.15) is 25.1 Å². The largest absolute Gasteiger partial charge is 0.347 e. The minimum atomic E-state index is -0.234. The third-order valence-corrected chi connectivity index (χ3v) is 7.32. The average Bonchev–Trinajstić information content (AvgIpc) is 3.20. The first-order chi connectivity index (χ1) is 15.7. The van der Waals surface area contributed by atoms with Gasteiger partial charge in [0.1, 0.15) is 5.82 Å². The molecular weight excluding hydrogens is 422 g/mol. The van der Waals surface area contributed by atoms with Crippen LogP contribution in [0.3, 0.4) is 0 Å². The van der Waals surface area contributed by atoms with Crippen LogP contribution in [0.5, 0.6) is 0 Å². The Morgan fingerprint density at radius 3 is 2.72 bits per heavy atom. The van der Waals surface area contributed by atoms with Gasteiger partial charge in [-0.05, 0) is 60.6 Å². The molecular formula is C24H23N5O2S. The van der Waals surface area contributed by atoms with Crippen molar-refractivity contribution < 1.29 is 4.79 Å². The van der Waals surface area contributed by atoms with Gasteiger partial charge in [0.25, 0.3) is 0 Å². The van der Waals surface area contributed by atoms with Crippen LogP contribution in [-0.4, -0.2) is 43.6 Å². The quantitative estimate of drug-likeness (QED) is 0.508. The van der Waals surface area contributed by atoms with Gasteiger partial charge in [-0.25, -0.2) is 19.4 Å². The van der Waals surface area contributed by atoms with Crippen LogP contribution in [0.15, 0.2) is 52.8 Å².